The molecular weight excluding hydrogens is 395 g/mol. The molecule has 0 radical (unpaired) electrons. The molecule has 160 valence electrons. The predicted octanol–water partition coefficient (Wildman–Crippen LogP) is 4.39. The Morgan fingerprint density at radius 2 is 1.47 bits per heavy atom. The van der Waals surface area contributed by atoms with Crippen molar-refractivity contribution in [3.8, 4) is 0 Å². The van der Waals surface area contributed by atoms with Gasteiger partial charge in [0.05, 0.1) is 6.04 Å². The second kappa shape index (κ2) is 5.98. The van der Waals surface area contributed by atoms with Crippen LogP contribution in [0.15, 0.2) is 24.3 Å². The minimum atomic E-state index is -5.08. The second-order valence-corrected chi connectivity index (χ2v) is 10.2. The quantitative estimate of drug-likeness (QED) is 0.686. The Labute approximate surface area is 172 Å². The maximum absolute atomic E-state index is 10.6. The number of aromatic nitrogens is 3. The predicted molar refractivity (Wildman–Crippen MR) is 101 cm³/mol. The lowest BCUT2D eigenvalue weighted by Crippen LogP contribution is -2.50. The minimum Gasteiger partial charge on any atom is -0.475 e. The summed E-state index contributed by atoms with van der Waals surface area (Å²) < 4.78 is 34.3. The van der Waals surface area contributed by atoms with Crippen molar-refractivity contribution in [1.82, 2.24) is 14.8 Å². The van der Waals surface area contributed by atoms with Crippen molar-refractivity contribution in [2.75, 3.05) is 0 Å². The first-order valence-electron chi connectivity index (χ1n) is 10.9. The van der Waals surface area contributed by atoms with Crippen molar-refractivity contribution in [1.29, 1.82) is 0 Å². The smallest absolute Gasteiger partial charge is 0.475 e. The summed E-state index contributed by atoms with van der Waals surface area (Å²) in [4.78, 5) is 8.90. The molecule has 5 nitrogen and oxygen atoms in total. The summed E-state index contributed by atoms with van der Waals surface area (Å²) in [6.45, 7) is 0. The van der Waals surface area contributed by atoms with Crippen LogP contribution in [0.3, 0.4) is 0 Å². The molecule has 0 amide bonds. The number of halogens is 3. The summed E-state index contributed by atoms with van der Waals surface area (Å²) in [5.41, 5.74) is 0.356. The first-order valence-corrected chi connectivity index (χ1v) is 10.9. The SMILES string of the molecule is C1=CC2C=CC3C1C3c1nnc(C34CC5CC(CC(C5)C3)C4)n12.O=C(O)C(F)(F)F. The molecule has 6 aliphatic carbocycles. The average Bonchev–Trinajstić information content (AvgIpc) is 3.30. The Hall–Kier alpha value is -2.12. The lowest BCUT2D eigenvalue weighted by Gasteiger charge is -2.56. The molecule has 9 rings (SSSR count). The van der Waals surface area contributed by atoms with Crippen LogP contribution < -0.4 is 0 Å². The Balaban J connectivity index is 0.000000220. The first-order chi connectivity index (χ1) is 14.2. The molecule has 2 aliphatic heterocycles. The molecule has 5 saturated carbocycles. The number of hydrogen-bond acceptors (Lipinski definition) is 3. The van der Waals surface area contributed by atoms with Crippen LogP contribution in [-0.2, 0) is 10.2 Å². The Morgan fingerprint density at radius 3 is 1.93 bits per heavy atom. The van der Waals surface area contributed by atoms with Crippen LogP contribution in [0.1, 0.15) is 62.1 Å². The Bertz CT molecular complexity index is 908. The average molecular weight is 419 g/mol. The van der Waals surface area contributed by atoms with Gasteiger partial charge in [0.2, 0.25) is 0 Å². The fourth-order valence-corrected chi connectivity index (χ4v) is 7.49. The summed E-state index contributed by atoms with van der Waals surface area (Å²) in [6, 6.07) is 0.378. The molecule has 1 N–H and O–H groups in total. The van der Waals surface area contributed by atoms with Gasteiger partial charge in [0.15, 0.2) is 0 Å². The number of allylic oxidation sites excluding steroid dienone is 4. The van der Waals surface area contributed by atoms with Gasteiger partial charge in [0.1, 0.15) is 11.6 Å². The standard InChI is InChI=1S/C20H23N3.C2HF3O2/c1-3-15-16-4-2-14(1)23-18(17(15)16)21-22-19(23)20-8-11-5-12(9-20)7-13(6-11)10-20;3-2(4,5)1(6)7/h1-4,11-17H,5-10H2;(H,6,7). The molecule has 8 aliphatic rings. The summed E-state index contributed by atoms with van der Waals surface area (Å²) in [5, 5.41) is 16.8. The van der Waals surface area contributed by atoms with Gasteiger partial charge in [-0.05, 0) is 68.1 Å². The monoisotopic (exact) mass is 419 g/mol. The van der Waals surface area contributed by atoms with Crippen molar-refractivity contribution in [2.24, 2.45) is 29.6 Å². The van der Waals surface area contributed by atoms with Crippen LogP contribution in [0, 0.1) is 29.6 Å². The van der Waals surface area contributed by atoms with Crippen LogP contribution >= 0.6 is 0 Å². The van der Waals surface area contributed by atoms with Crippen LogP contribution in [0.5, 0.6) is 0 Å². The molecule has 2 unspecified atom stereocenters. The van der Waals surface area contributed by atoms with Crippen LogP contribution in [0.4, 0.5) is 13.2 Å². The molecule has 0 spiro atoms. The van der Waals surface area contributed by atoms with Crippen molar-refractivity contribution in [2.45, 2.75) is 62.1 Å². The largest absolute Gasteiger partial charge is 0.490 e. The number of rotatable bonds is 1. The van der Waals surface area contributed by atoms with Gasteiger partial charge in [0, 0.05) is 11.3 Å². The van der Waals surface area contributed by atoms with E-state index in [1.54, 1.807) is 0 Å². The zero-order chi connectivity index (χ0) is 20.8. The molecule has 2 atom stereocenters. The fraction of sp³-hybridized carbons (Fsp3) is 0.682. The second-order valence-electron chi connectivity index (χ2n) is 10.2. The molecule has 3 heterocycles. The number of carboxylic acid groups (broad SMARTS) is 1. The van der Waals surface area contributed by atoms with E-state index in [0.29, 0.717) is 29.2 Å². The van der Waals surface area contributed by atoms with E-state index < -0.39 is 12.1 Å². The van der Waals surface area contributed by atoms with E-state index in [9.17, 15) is 13.2 Å². The van der Waals surface area contributed by atoms with Crippen LogP contribution in [0.2, 0.25) is 0 Å². The van der Waals surface area contributed by atoms with E-state index in [1.165, 1.54) is 50.2 Å². The highest BCUT2D eigenvalue weighted by Crippen LogP contribution is 2.63. The third-order valence-corrected chi connectivity index (χ3v) is 8.27. The number of alkyl halides is 3. The zero-order valence-corrected chi connectivity index (χ0v) is 16.4. The zero-order valence-electron chi connectivity index (χ0n) is 16.4. The van der Waals surface area contributed by atoms with Gasteiger partial charge in [-0.25, -0.2) is 4.79 Å². The summed E-state index contributed by atoms with van der Waals surface area (Å²) in [7, 11) is 0. The molecule has 8 bridgehead atoms. The highest BCUT2D eigenvalue weighted by molar-refractivity contribution is 5.73. The number of carboxylic acids is 1. The minimum absolute atomic E-state index is 0.356. The van der Waals surface area contributed by atoms with Gasteiger partial charge >= 0.3 is 12.1 Å². The van der Waals surface area contributed by atoms with Crippen molar-refractivity contribution >= 4 is 5.97 Å². The maximum atomic E-state index is 10.6. The molecule has 8 heteroatoms. The van der Waals surface area contributed by atoms with E-state index in [4.69, 9.17) is 20.1 Å². The van der Waals surface area contributed by atoms with E-state index in [0.717, 1.165) is 17.8 Å². The van der Waals surface area contributed by atoms with Gasteiger partial charge < -0.3 is 9.67 Å². The maximum Gasteiger partial charge on any atom is 0.490 e. The third-order valence-electron chi connectivity index (χ3n) is 8.27. The molecule has 0 aromatic carbocycles. The van der Waals surface area contributed by atoms with Crippen LogP contribution in [0.25, 0.3) is 0 Å². The Kier molecular flexibility index (Phi) is 3.71. The van der Waals surface area contributed by atoms with E-state index in [1.807, 2.05) is 0 Å². The third kappa shape index (κ3) is 2.64. The van der Waals surface area contributed by atoms with E-state index in [2.05, 4.69) is 28.9 Å². The highest BCUT2D eigenvalue weighted by Gasteiger charge is 2.57. The summed E-state index contributed by atoms with van der Waals surface area (Å²) in [5.74, 6) is 4.82. The summed E-state index contributed by atoms with van der Waals surface area (Å²) >= 11 is 0. The van der Waals surface area contributed by atoms with Crippen molar-refractivity contribution in [3.05, 3.63) is 36.0 Å². The van der Waals surface area contributed by atoms with Crippen molar-refractivity contribution < 1.29 is 23.1 Å². The van der Waals surface area contributed by atoms with Crippen molar-refractivity contribution in [3.63, 3.8) is 0 Å². The van der Waals surface area contributed by atoms with Gasteiger partial charge in [-0.3, -0.25) is 0 Å². The van der Waals surface area contributed by atoms with Gasteiger partial charge in [-0.2, -0.15) is 13.2 Å². The van der Waals surface area contributed by atoms with Crippen LogP contribution in [-0.4, -0.2) is 32.0 Å². The molecule has 0 saturated heterocycles. The molecule has 30 heavy (non-hydrogen) atoms. The number of carbonyl (C=O) groups is 1. The first kappa shape index (κ1) is 18.6. The molecular formula is C22H24F3N3O2. The lowest BCUT2D eigenvalue weighted by atomic mass is 9.49. The van der Waals surface area contributed by atoms with Gasteiger partial charge in [-0.1, -0.05) is 24.3 Å². The number of aliphatic carboxylic acids is 1. The van der Waals surface area contributed by atoms with Gasteiger partial charge in [0.25, 0.3) is 0 Å². The fourth-order valence-electron chi connectivity index (χ4n) is 7.49. The Morgan fingerprint density at radius 1 is 0.967 bits per heavy atom. The topological polar surface area (TPSA) is 68.0 Å². The molecule has 5 fully saturated rings. The lowest BCUT2D eigenvalue weighted by molar-refractivity contribution is -0.192. The van der Waals surface area contributed by atoms with Gasteiger partial charge in [-0.15, -0.1) is 10.2 Å². The molecule has 1 aromatic heterocycles. The summed E-state index contributed by atoms with van der Waals surface area (Å²) in [6.07, 6.45) is 13.3. The highest BCUT2D eigenvalue weighted by atomic mass is 19.4. The van der Waals surface area contributed by atoms with E-state index >= 15 is 0 Å². The molecule has 1 aromatic rings. The number of nitrogens with zero attached hydrogens (tertiary/aromatic N) is 3. The normalized spacial score (nSPS) is 43.5. The number of hydrogen-bond donors (Lipinski definition) is 1. The van der Waals surface area contributed by atoms with E-state index in [-0.39, 0.29) is 0 Å².